The second-order valence-electron chi connectivity index (χ2n) is 3.98. The number of hydrogen-bond donors (Lipinski definition) is 1. The predicted octanol–water partition coefficient (Wildman–Crippen LogP) is 4.82. The summed E-state index contributed by atoms with van der Waals surface area (Å²) in [4.78, 5) is 3.78. The van der Waals surface area contributed by atoms with Crippen molar-refractivity contribution in [2.24, 2.45) is 4.99 Å². The summed E-state index contributed by atoms with van der Waals surface area (Å²) < 4.78 is 38.6. The Morgan fingerprint density at radius 3 is 2.45 bits per heavy atom. The Kier molecular flexibility index (Phi) is 3.99. The van der Waals surface area contributed by atoms with Gasteiger partial charge in [-0.25, -0.2) is 0 Å². The van der Waals surface area contributed by atoms with Crippen LogP contribution >= 0.6 is 11.6 Å². The second-order valence-corrected chi connectivity index (χ2v) is 4.41. The van der Waals surface area contributed by atoms with Crippen LogP contribution in [0.4, 0.5) is 18.9 Å². The Morgan fingerprint density at radius 2 is 1.80 bits per heavy atom. The molecule has 0 saturated carbocycles. The van der Waals surface area contributed by atoms with Gasteiger partial charge in [-0.1, -0.05) is 23.7 Å². The first-order chi connectivity index (χ1) is 9.38. The van der Waals surface area contributed by atoms with Crippen molar-refractivity contribution in [2.45, 2.75) is 6.18 Å². The molecule has 0 amide bonds. The fourth-order valence-corrected chi connectivity index (χ4v) is 1.76. The molecule has 20 heavy (non-hydrogen) atoms. The topological polar surface area (TPSA) is 32.6 Å². The van der Waals surface area contributed by atoms with Crippen LogP contribution in [-0.2, 0) is 6.18 Å². The summed E-state index contributed by atoms with van der Waals surface area (Å²) in [5, 5.41) is 9.51. The van der Waals surface area contributed by atoms with Crippen LogP contribution in [0, 0.1) is 0 Å². The van der Waals surface area contributed by atoms with Gasteiger partial charge in [0.05, 0.1) is 11.3 Å². The average Bonchev–Trinajstić information content (AvgIpc) is 2.38. The lowest BCUT2D eigenvalue weighted by atomic mass is 10.1. The minimum Gasteiger partial charge on any atom is -0.507 e. The van der Waals surface area contributed by atoms with Crippen LogP contribution in [-0.4, -0.2) is 11.3 Å². The molecule has 0 radical (unpaired) electrons. The summed E-state index contributed by atoms with van der Waals surface area (Å²) >= 11 is 5.57. The van der Waals surface area contributed by atoms with Gasteiger partial charge in [0.1, 0.15) is 5.75 Å². The van der Waals surface area contributed by atoms with Crippen molar-refractivity contribution in [2.75, 3.05) is 0 Å². The molecule has 0 unspecified atom stereocenters. The van der Waals surface area contributed by atoms with E-state index in [1.54, 1.807) is 18.2 Å². The molecule has 1 N–H and O–H groups in total. The molecule has 0 aromatic heterocycles. The van der Waals surface area contributed by atoms with Crippen molar-refractivity contribution in [3.8, 4) is 5.75 Å². The van der Waals surface area contributed by atoms with E-state index in [4.69, 9.17) is 11.6 Å². The first-order valence-corrected chi connectivity index (χ1v) is 5.94. The number of halogens is 4. The van der Waals surface area contributed by atoms with Gasteiger partial charge in [-0.05, 0) is 30.3 Å². The van der Waals surface area contributed by atoms with Crippen molar-refractivity contribution in [3.05, 3.63) is 58.6 Å². The molecule has 2 rings (SSSR count). The van der Waals surface area contributed by atoms with Gasteiger partial charge in [-0.3, -0.25) is 4.99 Å². The van der Waals surface area contributed by atoms with Gasteiger partial charge in [0.2, 0.25) is 0 Å². The smallest absolute Gasteiger partial charge is 0.418 e. The van der Waals surface area contributed by atoms with Crippen LogP contribution < -0.4 is 0 Å². The van der Waals surface area contributed by atoms with Gasteiger partial charge >= 0.3 is 6.18 Å². The molecule has 0 saturated heterocycles. The Labute approximate surface area is 118 Å². The summed E-state index contributed by atoms with van der Waals surface area (Å²) in [6.45, 7) is 0. The van der Waals surface area contributed by atoms with Crippen LogP contribution in [0.25, 0.3) is 0 Å². The van der Waals surface area contributed by atoms with Crippen molar-refractivity contribution in [1.82, 2.24) is 0 Å². The minimum atomic E-state index is -4.55. The number of aliphatic imine (C=N–C) groups is 1. The monoisotopic (exact) mass is 299 g/mol. The third-order valence-electron chi connectivity index (χ3n) is 2.54. The van der Waals surface area contributed by atoms with E-state index >= 15 is 0 Å². The Morgan fingerprint density at radius 1 is 1.10 bits per heavy atom. The number of alkyl halides is 3. The highest BCUT2D eigenvalue weighted by molar-refractivity contribution is 6.30. The van der Waals surface area contributed by atoms with E-state index in [2.05, 4.69) is 4.99 Å². The van der Waals surface area contributed by atoms with Crippen LogP contribution in [0.3, 0.4) is 0 Å². The maximum Gasteiger partial charge on any atom is 0.418 e. The molecule has 0 aliphatic heterocycles. The molecule has 0 atom stereocenters. The summed E-state index contributed by atoms with van der Waals surface area (Å²) in [7, 11) is 0. The quantitative estimate of drug-likeness (QED) is 0.793. The molecule has 104 valence electrons. The number of rotatable bonds is 2. The molecular formula is C14H9ClF3NO. The SMILES string of the molecule is Oc1ccccc1C=Nc1ccc(Cl)cc1C(F)(F)F. The van der Waals surface area contributed by atoms with Crippen molar-refractivity contribution in [1.29, 1.82) is 0 Å². The Bertz CT molecular complexity index is 653. The molecule has 0 fully saturated rings. The molecule has 0 heterocycles. The normalized spacial score (nSPS) is 12.0. The maximum atomic E-state index is 12.9. The maximum absolute atomic E-state index is 12.9. The number of phenols is 1. The van der Waals surface area contributed by atoms with Crippen LogP contribution in [0.5, 0.6) is 5.75 Å². The van der Waals surface area contributed by atoms with E-state index in [0.29, 0.717) is 5.56 Å². The molecule has 2 aromatic rings. The van der Waals surface area contributed by atoms with Gasteiger partial charge in [0, 0.05) is 16.8 Å². The Hall–Kier alpha value is -2.01. The van der Waals surface area contributed by atoms with Gasteiger partial charge < -0.3 is 5.11 Å². The lowest BCUT2D eigenvalue weighted by Crippen LogP contribution is -2.05. The van der Waals surface area contributed by atoms with E-state index in [0.717, 1.165) is 6.07 Å². The number of aromatic hydroxyl groups is 1. The third-order valence-corrected chi connectivity index (χ3v) is 2.78. The fraction of sp³-hybridized carbons (Fsp3) is 0.0714. The molecule has 0 bridgehead atoms. The molecule has 2 aromatic carbocycles. The van der Waals surface area contributed by atoms with Gasteiger partial charge in [-0.15, -0.1) is 0 Å². The van der Waals surface area contributed by atoms with E-state index in [-0.39, 0.29) is 16.5 Å². The molecule has 0 aliphatic rings. The largest absolute Gasteiger partial charge is 0.507 e. The van der Waals surface area contributed by atoms with E-state index < -0.39 is 11.7 Å². The fourth-order valence-electron chi connectivity index (χ4n) is 1.58. The van der Waals surface area contributed by atoms with Gasteiger partial charge in [0.25, 0.3) is 0 Å². The molecule has 6 heteroatoms. The van der Waals surface area contributed by atoms with E-state index in [1.165, 1.54) is 24.4 Å². The van der Waals surface area contributed by atoms with Crippen LogP contribution in [0.2, 0.25) is 5.02 Å². The summed E-state index contributed by atoms with van der Waals surface area (Å²) in [5.74, 6) is -0.0567. The van der Waals surface area contributed by atoms with Crippen LogP contribution in [0.15, 0.2) is 47.5 Å². The van der Waals surface area contributed by atoms with Crippen molar-refractivity contribution >= 4 is 23.5 Å². The lowest BCUT2D eigenvalue weighted by Gasteiger charge is -2.10. The minimum absolute atomic E-state index is 0.0150. The molecule has 0 spiro atoms. The van der Waals surface area contributed by atoms with E-state index in [1.807, 2.05) is 0 Å². The van der Waals surface area contributed by atoms with Crippen molar-refractivity contribution < 1.29 is 18.3 Å². The first-order valence-electron chi connectivity index (χ1n) is 5.57. The zero-order valence-electron chi connectivity index (χ0n) is 10.0. The zero-order valence-corrected chi connectivity index (χ0v) is 10.8. The number of para-hydroxylation sites is 1. The second kappa shape index (κ2) is 5.54. The Balaban J connectivity index is 2.42. The molecule has 2 nitrogen and oxygen atoms in total. The average molecular weight is 300 g/mol. The molecule has 0 aliphatic carbocycles. The van der Waals surface area contributed by atoms with Gasteiger partial charge in [-0.2, -0.15) is 13.2 Å². The number of nitrogens with zero attached hydrogens (tertiary/aromatic N) is 1. The molecular weight excluding hydrogens is 291 g/mol. The summed E-state index contributed by atoms with van der Waals surface area (Å²) in [6, 6.07) is 9.55. The highest BCUT2D eigenvalue weighted by Gasteiger charge is 2.33. The number of hydrogen-bond acceptors (Lipinski definition) is 2. The summed E-state index contributed by atoms with van der Waals surface area (Å²) in [6.07, 6.45) is -3.37. The predicted molar refractivity (Wildman–Crippen MR) is 71.8 cm³/mol. The highest BCUT2D eigenvalue weighted by atomic mass is 35.5. The van der Waals surface area contributed by atoms with E-state index in [9.17, 15) is 18.3 Å². The first kappa shape index (κ1) is 14.4. The lowest BCUT2D eigenvalue weighted by molar-refractivity contribution is -0.137. The highest BCUT2D eigenvalue weighted by Crippen LogP contribution is 2.37. The zero-order chi connectivity index (χ0) is 14.8. The standard InChI is InChI=1S/C14H9ClF3NO/c15-10-5-6-12(11(7-10)14(16,17)18)19-8-9-3-1-2-4-13(9)20/h1-8,20H. The van der Waals surface area contributed by atoms with Crippen LogP contribution in [0.1, 0.15) is 11.1 Å². The van der Waals surface area contributed by atoms with Crippen molar-refractivity contribution in [3.63, 3.8) is 0 Å². The number of phenolic OH excluding ortho intramolecular Hbond substituents is 1. The van der Waals surface area contributed by atoms with Gasteiger partial charge in [0.15, 0.2) is 0 Å². The number of benzene rings is 2. The third kappa shape index (κ3) is 3.30. The summed E-state index contributed by atoms with van der Waals surface area (Å²) in [5.41, 5.74) is -0.850.